The molecule has 0 fully saturated rings. The Morgan fingerprint density at radius 1 is 1.15 bits per heavy atom. The molecule has 5 heteroatoms. The normalized spacial score (nSPS) is 13.2. The number of nitro benzene ring substituents is 1. The average Bonchev–Trinajstić information content (AvgIpc) is 2.90. The lowest BCUT2D eigenvalue weighted by Gasteiger charge is -2.18. The van der Waals surface area contributed by atoms with Gasteiger partial charge in [-0.25, -0.2) is 0 Å². The summed E-state index contributed by atoms with van der Waals surface area (Å²) in [5.41, 5.74) is 4.31. The minimum absolute atomic E-state index is 0.114. The molecule has 102 valence electrons. The van der Waals surface area contributed by atoms with Crippen LogP contribution in [0.1, 0.15) is 11.1 Å². The van der Waals surface area contributed by atoms with Crippen LogP contribution in [0.4, 0.5) is 17.1 Å². The predicted octanol–water partition coefficient (Wildman–Crippen LogP) is 3.16. The number of non-ortho nitro benzene ring substituents is 1. The zero-order chi connectivity index (χ0) is 14.1. The molecule has 2 aromatic rings. The third kappa shape index (κ3) is 2.18. The summed E-state index contributed by atoms with van der Waals surface area (Å²) in [6.45, 7) is 1.58. The maximum atomic E-state index is 11.0. The second-order valence-electron chi connectivity index (χ2n) is 4.87. The van der Waals surface area contributed by atoms with E-state index in [0.717, 1.165) is 24.5 Å². The third-order valence-electron chi connectivity index (χ3n) is 3.61. The van der Waals surface area contributed by atoms with Crippen molar-refractivity contribution in [3.8, 4) is 0 Å². The second-order valence-corrected chi connectivity index (χ2v) is 4.87. The Morgan fingerprint density at radius 3 is 2.35 bits per heavy atom. The second kappa shape index (κ2) is 4.85. The van der Waals surface area contributed by atoms with Crippen LogP contribution >= 0.6 is 0 Å². The molecule has 1 N–H and O–H groups in total. The first-order valence-electron chi connectivity index (χ1n) is 6.46. The summed E-state index contributed by atoms with van der Waals surface area (Å²) in [6.07, 6.45) is 0. The van der Waals surface area contributed by atoms with E-state index in [4.69, 9.17) is 0 Å². The van der Waals surface area contributed by atoms with Gasteiger partial charge in [0, 0.05) is 43.6 Å². The van der Waals surface area contributed by atoms with E-state index in [-0.39, 0.29) is 10.6 Å². The van der Waals surface area contributed by atoms with Gasteiger partial charge in [0.15, 0.2) is 0 Å². The van der Waals surface area contributed by atoms with Gasteiger partial charge in [0.1, 0.15) is 0 Å². The number of fused-ring (bicyclic) bond motifs is 1. The molecule has 1 aliphatic heterocycles. The van der Waals surface area contributed by atoms with E-state index in [2.05, 4.69) is 22.3 Å². The van der Waals surface area contributed by atoms with Gasteiger partial charge in [-0.2, -0.15) is 0 Å². The molecular formula is C15H15N3O2. The molecule has 0 amide bonds. The van der Waals surface area contributed by atoms with E-state index in [1.165, 1.54) is 11.1 Å². The van der Waals surface area contributed by atoms with Crippen molar-refractivity contribution in [2.24, 2.45) is 0 Å². The smallest absolute Gasteiger partial charge is 0.273 e. The van der Waals surface area contributed by atoms with Crippen LogP contribution in [0, 0.1) is 10.1 Å². The summed E-state index contributed by atoms with van der Waals surface area (Å²) in [7, 11) is 1.77. The summed E-state index contributed by atoms with van der Waals surface area (Å²) in [6, 6.07) is 13.4. The highest BCUT2D eigenvalue weighted by Gasteiger charge is 2.21. The Hall–Kier alpha value is -2.56. The standard InChI is InChI=1S/C15H15N3O2/c1-16-13-6-14(8-15(7-13)18(19)20)17-9-11-4-2-3-5-12(11)10-17/h2-8,16H,9-10H2,1H3. The largest absolute Gasteiger partial charge is 0.388 e. The van der Waals surface area contributed by atoms with Gasteiger partial charge in [-0.05, 0) is 17.2 Å². The lowest BCUT2D eigenvalue weighted by atomic mass is 10.1. The van der Waals surface area contributed by atoms with Crippen molar-refractivity contribution >= 4 is 17.1 Å². The minimum Gasteiger partial charge on any atom is -0.388 e. The Labute approximate surface area is 117 Å². The van der Waals surface area contributed by atoms with Crippen molar-refractivity contribution in [1.82, 2.24) is 0 Å². The zero-order valence-corrected chi connectivity index (χ0v) is 11.2. The molecule has 5 nitrogen and oxygen atoms in total. The molecule has 0 aromatic heterocycles. The number of hydrogen-bond acceptors (Lipinski definition) is 4. The highest BCUT2D eigenvalue weighted by molar-refractivity contribution is 5.65. The number of rotatable bonds is 3. The lowest BCUT2D eigenvalue weighted by molar-refractivity contribution is -0.384. The summed E-state index contributed by atoms with van der Waals surface area (Å²) in [5.74, 6) is 0. The van der Waals surface area contributed by atoms with E-state index in [1.807, 2.05) is 18.2 Å². The molecule has 0 saturated carbocycles. The Bertz CT molecular complexity index is 645. The van der Waals surface area contributed by atoms with Gasteiger partial charge < -0.3 is 10.2 Å². The fourth-order valence-electron chi connectivity index (χ4n) is 2.54. The molecule has 1 heterocycles. The van der Waals surface area contributed by atoms with Crippen LogP contribution in [0.5, 0.6) is 0 Å². The molecule has 0 atom stereocenters. The molecule has 0 aliphatic carbocycles. The molecule has 0 bridgehead atoms. The Morgan fingerprint density at radius 2 is 1.80 bits per heavy atom. The van der Waals surface area contributed by atoms with Gasteiger partial charge in [0.05, 0.1) is 4.92 Å². The van der Waals surface area contributed by atoms with Gasteiger partial charge in [-0.1, -0.05) is 24.3 Å². The molecule has 2 aromatic carbocycles. The van der Waals surface area contributed by atoms with Crippen LogP contribution in [0.25, 0.3) is 0 Å². The fourth-order valence-corrected chi connectivity index (χ4v) is 2.54. The van der Waals surface area contributed by atoms with E-state index in [0.29, 0.717) is 0 Å². The Kier molecular flexibility index (Phi) is 3.02. The number of nitrogens with one attached hydrogen (secondary N) is 1. The summed E-state index contributed by atoms with van der Waals surface area (Å²) in [4.78, 5) is 12.8. The quantitative estimate of drug-likeness (QED) is 0.687. The summed E-state index contributed by atoms with van der Waals surface area (Å²) >= 11 is 0. The average molecular weight is 269 g/mol. The summed E-state index contributed by atoms with van der Waals surface area (Å²) < 4.78 is 0. The van der Waals surface area contributed by atoms with Crippen molar-refractivity contribution in [2.75, 3.05) is 17.3 Å². The highest BCUT2D eigenvalue weighted by atomic mass is 16.6. The highest BCUT2D eigenvalue weighted by Crippen LogP contribution is 2.32. The van der Waals surface area contributed by atoms with Crippen LogP contribution in [0.3, 0.4) is 0 Å². The summed E-state index contributed by atoms with van der Waals surface area (Å²) in [5, 5.41) is 14.0. The molecule has 0 radical (unpaired) electrons. The fraction of sp³-hybridized carbons (Fsp3) is 0.200. The topological polar surface area (TPSA) is 58.4 Å². The maximum absolute atomic E-state index is 11.0. The molecule has 0 saturated heterocycles. The van der Waals surface area contributed by atoms with Gasteiger partial charge >= 0.3 is 0 Å². The van der Waals surface area contributed by atoms with Crippen molar-refractivity contribution in [3.05, 3.63) is 63.7 Å². The maximum Gasteiger partial charge on any atom is 0.273 e. The first-order valence-corrected chi connectivity index (χ1v) is 6.46. The van der Waals surface area contributed by atoms with Gasteiger partial charge in [-0.3, -0.25) is 10.1 Å². The van der Waals surface area contributed by atoms with E-state index >= 15 is 0 Å². The third-order valence-corrected chi connectivity index (χ3v) is 3.61. The number of benzene rings is 2. The van der Waals surface area contributed by atoms with Crippen molar-refractivity contribution in [1.29, 1.82) is 0 Å². The number of hydrogen-bond donors (Lipinski definition) is 1. The zero-order valence-electron chi connectivity index (χ0n) is 11.2. The van der Waals surface area contributed by atoms with Crippen molar-refractivity contribution in [2.45, 2.75) is 13.1 Å². The van der Waals surface area contributed by atoms with Crippen molar-refractivity contribution < 1.29 is 4.92 Å². The van der Waals surface area contributed by atoms with Crippen molar-refractivity contribution in [3.63, 3.8) is 0 Å². The molecule has 0 unspecified atom stereocenters. The molecule has 1 aliphatic rings. The monoisotopic (exact) mass is 269 g/mol. The van der Waals surface area contributed by atoms with E-state index in [1.54, 1.807) is 19.2 Å². The lowest BCUT2D eigenvalue weighted by Crippen LogP contribution is -2.14. The van der Waals surface area contributed by atoms with E-state index < -0.39 is 0 Å². The molecule has 20 heavy (non-hydrogen) atoms. The molecular weight excluding hydrogens is 254 g/mol. The number of nitro groups is 1. The van der Waals surface area contributed by atoms with Gasteiger partial charge in [0.2, 0.25) is 0 Å². The first kappa shape index (κ1) is 12.5. The number of nitrogens with zero attached hydrogens (tertiary/aromatic N) is 2. The van der Waals surface area contributed by atoms with Gasteiger partial charge in [-0.15, -0.1) is 0 Å². The van der Waals surface area contributed by atoms with E-state index in [9.17, 15) is 10.1 Å². The molecule has 3 rings (SSSR count). The van der Waals surface area contributed by atoms with Crippen LogP contribution < -0.4 is 10.2 Å². The van der Waals surface area contributed by atoms with Crippen LogP contribution in [0.15, 0.2) is 42.5 Å². The first-order chi connectivity index (χ1) is 9.67. The SMILES string of the molecule is CNc1cc(N2Cc3ccccc3C2)cc([N+](=O)[O-])c1. The van der Waals surface area contributed by atoms with Crippen LogP contribution in [0.2, 0.25) is 0 Å². The molecule has 0 spiro atoms. The van der Waals surface area contributed by atoms with Gasteiger partial charge in [0.25, 0.3) is 5.69 Å². The minimum atomic E-state index is -0.354. The van der Waals surface area contributed by atoms with Crippen LogP contribution in [-0.2, 0) is 13.1 Å². The predicted molar refractivity (Wildman–Crippen MR) is 79.0 cm³/mol. The number of anilines is 2. The van der Waals surface area contributed by atoms with Crippen LogP contribution in [-0.4, -0.2) is 12.0 Å². The Balaban J connectivity index is 1.96.